The SMILES string of the molecule is FCCN1CCN(c2ccc(Nc3ncc4cccc(-c5ccccc5F)c4n3)cc2)CC1. The molecular weight excluding hydrogens is 420 g/mol. The summed E-state index contributed by atoms with van der Waals surface area (Å²) in [6.45, 7) is 3.75. The first kappa shape index (κ1) is 21.3. The molecule has 0 aliphatic carbocycles. The molecule has 1 aliphatic heterocycles. The Morgan fingerprint density at radius 1 is 0.848 bits per heavy atom. The molecule has 0 radical (unpaired) electrons. The van der Waals surface area contributed by atoms with Crippen LogP contribution in [0.5, 0.6) is 0 Å². The lowest BCUT2D eigenvalue weighted by molar-refractivity contribution is 0.235. The molecule has 168 valence electrons. The van der Waals surface area contributed by atoms with Crippen LogP contribution in [0.1, 0.15) is 0 Å². The highest BCUT2D eigenvalue weighted by Crippen LogP contribution is 2.30. The minimum Gasteiger partial charge on any atom is -0.369 e. The van der Waals surface area contributed by atoms with E-state index >= 15 is 0 Å². The molecule has 3 aromatic carbocycles. The molecule has 4 aromatic rings. The first-order valence-electron chi connectivity index (χ1n) is 11.1. The Hall–Kier alpha value is -3.58. The summed E-state index contributed by atoms with van der Waals surface area (Å²) in [5.74, 6) is 0.179. The molecule has 0 bridgehead atoms. The molecule has 1 aliphatic rings. The Labute approximate surface area is 191 Å². The number of rotatable bonds is 6. The quantitative estimate of drug-likeness (QED) is 0.438. The van der Waals surface area contributed by atoms with Crippen molar-refractivity contribution in [2.45, 2.75) is 0 Å². The molecule has 5 nitrogen and oxygen atoms in total. The Morgan fingerprint density at radius 2 is 1.61 bits per heavy atom. The van der Waals surface area contributed by atoms with Crippen LogP contribution in [-0.4, -0.2) is 54.3 Å². The van der Waals surface area contributed by atoms with Crippen LogP contribution in [0.15, 0.2) is 72.9 Å². The van der Waals surface area contributed by atoms with Crippen molar-refractivity contribution in [1.29, 1.82) is 0 Å². The van der Waals surface area contributed by atoms with Gasteiger partial charge in [-0.3, -0.25) is 4.90 Å². The summed E-state index contributed by atoms with van der Waals surface area (Å²) in [6.07, 6.45) is 1.75. The molecule has 0 saturated carbocycles. The zero-order valence-electron chi connectivity index (χ0n) is 18.2. The number of halogens is 2. The Kier molecular flexibility index (Phi) is 6.13. The van der Waals surface area contributed by atoms with Crippen LogP contribution in [0, 0.1) is 5.82 Å². The van der Waals surface area contributed by atoms with Crippen LogP contribution < -0.4 is 10.2 Å². The van der Waals surface area contributed by atoms with Crippen LogP contribution in [0.2, 0.25) is 0 Å². The molecule has 0 unspecified atom stereocenters. The lowest BCUT2D eigenvalue weighted by Crippen LogP contribution is -2.47. The molecule has 1 fully saturated rings. The maximum atomic E-state index is 14.4. The van der Waals surface area contributed by atoms with Crippen molar-refractivity contribution < 1.29 is 8.78 Å². The van der Waals surface area contributed by atoms with Crippen LogP contribution >= 0.6 is 0 Å². The average Bonchev–Trinajstić information content (AvgIpc) is 2.85. The molecule has 1 aromatic heterocycles. The minimum absolute atomic E-state index is 0.278. The number of piperazine rings is 1. The molecule has 0 atom stereocenters. The smallest absolute Gasteiger partial charge is 0.227 e. The van der Waals surface area contributed by atoms with E-state index in [0.29, 0.717) is 23.6 Å². The van der Waals surface area contributed by atoms with Gasteiger partial charge in [-0.1, -0.05) is 36.4 Å². The zero-order chi connectivity index (χ0) is 22.6. The minimum atomic E-state index is -0.293. The molecule has 0 amide bonds. The predicted molar refractivity (Wildman–Crippen MR) is 129 cm³/mol. The molecule has 1 N–H and O–H groups in total. The molecule has 33 heavy (non-hydrogen) atoms. The van der Waals surface area contributed by atoms with Gasteiger partial charge >= 0.3 is 0 Å². The first-order valence-corrected chi connectivity index (χ1v) is 11.1. The van der Waals surface area contributed by atoms with Crippen molar-refractivity contribution in [2.75, 3.05) is 49.6 Å². The fourth-order valence-corrected chi connectivity index (χ4v) is 4.25. The van der Waals surface area contributed by atoms with Gasteiger partial charge in [0, 0.05) is 66.8 Å². The third kappa shape index (κ3) is 4.64. The third-order valence-corrected chi connectivity index (χ3v) is 6.04. The number of benzene rings is 3. The van der Waals surface area contributed by atoms with Gasteiger partial charge in [-0.15, -0.1) is 0 Å². The summed E-state index contributed by atoms with van der Waals surface area (Å²) >= 11 is 0. The summed E-state index contributed by atoms with van der Waals surface area (Å²) < 4.78 is 27.0. The van der Waals surface area contributed by atoms with E-state index in [1.54, 1.807) is 18.3 Å². The lowest BCUT2D eigenvalue weighted by Gasteiger charge is -2.35. The number of alkyl halides is 1. The summed E-state index contributed by atoms with van der Waals surface area (Å²) in [6, 6.07) is 20.5. The fraction of sp³-hybridized carbons (Fsp3) is 0.231. The van der Waals surface area contributed by atoms with Crippen molar-refractivity contribution >= 4 is 28.2 Å². The van der Waals surface area contributed by atoms with Gasteiger partial charge in [0.05, 0.1) is 5.52 Å². The summed E-state index contributed by atoms with van der Waals surface area (Å²) in [4.78, 5) is 13.6. The predicted octanol–water partition coefficient (Wildman–Crippen LogP) is 5.27. The number of hydrogen-bond donors (Lipinski definition) is 1. The van der Waals surface area contributed by atoms with E-state index in [2.05, 4.69) is 32.2 Å². The van der Waals surface area contributed by atoms with Crippen molar-refractivity contribution in [3.8, 4) is 11.1 Å². The van der Waals surface area contributed by atoms with Crippen LogP contribution in [0.3, 0.4) is 0 Å². The molecule has 2 heterocycles. The second-order valence-corrected chi connectivity index (χ2v) is 8.11. The third-order valence-electron chi connectivity index (χ3n) is 6.04. The highest BCUT2D eigenvalue weighted by Gasteiger charge is 2.17. The van der Waals surface area contributed by atoms with Crippen LogP contribution in [-0.2, 0) is 0 Å². The molecule has 7 heteroatoms. The number of fused-ring (bicyclic) bond motifs is 1. The monoisotopic (exact) mass is 445 g/mol. The topological polar surface area (TPSA) is 44.3 Å². The highest BCUT2D eigenvalue weighted by atomic mass is 19.1. The summed E-state index contributed by atoms with van der Waals surface area (Å²) in [7, 11) is 0. The Bertz CT molecular complexity index is 1240. The largest absolute Gasteiger partial charge is 0.369 e. The van der Waals surface area contributed by atoms with Crippen molar-refractivity contribution in [1.82, 2.24) is 14.9 Å². The molecule has 5 rings (SSSR count). The van der Waals surface area contributed by atoms with Crippen LogP contribution in [0.4, 0.5) is 26.1 Å². The second-order valence-electron chi connectivity index (χ2n) is 8.11. The van der Waals surface area contributed by atoms with Gasteiger partial charge in [-0.05, 0) is 30.3 Å². The fourth-order valence-electron chi connectivity index (χ4n) is 4.25. The number of hydrogen-bond acceptors (Lipinski definition) is 5. The molecule has 0 spiro atoms. The van der Waals surface area contributed by atoms with Gasteiger partial charge in [0.15, 0.2) is 0 Å². The van der Waals surface area contributed by atoms with E-state index in [0.717, 1.165) is 48.5 Å². The van der Waals surface area contributed by atoms with Crippen molar-refractivity contribution in [3.63, 3.8) is 0 Å². The van der Waals surface area contributed by atoms with Gasteiger partial charge in [0.2, 0.25) is 5.95 Å². The van der Waals surface area contributed by atoms with E-state index in [9.17, 15) is 8.78 Å². The van der Waals surface area contributed by atoms with E-state index in [1.807, 2.05) is 36.4 Å². The standard InChI is InChI=1S/C26H25F2N5/c27-12-13-32-14-16-33(17-15-32)21-10-8-20(9-11-21)30-26-29-18-19-4-3-6-23(25(19)31-26)22-5-1-2-7-24(22)28/h1-11,18H,12-17H2,(H,29,30,31). The number of nitrogens with one attached hydrogen (secondary N) is 1. The van der Waals surface area contributed by atoms with Gasteiger partial charge in [0.25, 0.3) is 0 Å². The number of aromatic nitrogens is 2. The van der Waals surface area contributed by atoms with E-state index < -0.39 is 0 Å². The number of para-hydroxylation sites is 1. The van der Waals surface area contributed by atoms with Crippen molar-refractivity contribution in [3.05, 3.63) is 78.7 Å². The number of anilines is 3. The lowest BCUT2D eigenvalue weighted by atomic mass is 10.0. The van der Waals surface area contributed by atoms with Gasteiger partial charge in [-0.25, -0.2) is 18.7 Å². The van der Waals surface area contributed by atoms with E-state index in [-0.39, 0.29) is 12.5 Å². The molecular formula is C26H25F2N5. The Balaban J connectivity index is 1.34. The van der Waals surface area contributed by atoms with Crippen molar-refractivity contribution in [2.24, 2.45) is 0 Å². The van der Waals surface area contributed by atoms with Gasteiger partial charge < -0.3 is 10.2 Å². The highest BCUT2D eigenvalue weighted by molar-refractivity contribution is 5.94. The van der Waals surface area contributed by atoms with Crippen LogP contribution in [0.25, 0.3) is 22.0 Å². The van der Waals surface area contributed by atoms with Gasteiger partial charge in [0.1, 0.15) is 12.5 Å². The van der Waals surface area contributed by atoms with Gasteiger partial charge in [-0.2, -0.15) is 0 Å². The maximum Gasteiger partial charge on any atom is 0.227 e. The normalized spacial score (nSPS) is 14.5. The summed E-state index contributed by atoms with van der Waals surface area (Å²) in [5.41, 5.74) is 3.96. The maximum absolute atomic E-state index is 14.4. The number of nitrogens with zero attached hydrogens (tertiary/aromatic N) is 4. The Morgan fingerprint density at radius 3 is 2.36 bits per heavy atom. The zero-order valence-corrected chi connectivity index (χ0v) is 18.2. The first-order chi connectivity index (χ1) is 16.2. The second kappa shape index (κ2) is 9.50. The summed E-state index contributed by atoms with van der Waals surface area (Å²) in [5, 5.41) is 4.11. The molecule has 1 saturated heterocycles. The van der Waals surface area contributed by atoms with E-state index in [4.69, 9.17) is 4.98 Å². The average molecular weight is 446 g/mol. The van der Waals surface area contributed by atoms with E-state index in [1.165, 1.54) is 6.07 Å².